The van der Waals surface area contributed by atoms with Crippen LogP contribution in [0.15, 0.2) is 60.9 Å². The fraction of sp³-hybridized carbons (Fsp3) is 0.150. The largest absolute Gasteiger partial charge is 0.356 e. The van der Waals surface area contributed by atoms with E-state index in [1.54, 1.807) is 18.3 Å². The second-order valence-electron chi connectivity index (χ2n) is 6.26. The third-order valence-electron chi connectivity index (χ3n) is 4.32. The van der Waals surface area contributed by atoms with Crippen molar-refractivity contribution in [1.29, 1.82) is 0 Å². The molecule has 2 aromatic heterocycles. The molecular formula is C20H18FN5S. The van der Waals surface area contributed by atoms with Crippen molar-refractivity contribution in [2.75, 3.05) is 11.9 Å². The van der Waals surface area contributed by atoms with Gasteiger partial charge in [-0.25, -0.2) is 4.39 Å². The Labute approximate surface area is 160 Å². The van der Waals surface area contributed by atoms with Crippen LogP contribution < -0.4 is 11.1 Å². The van der Waals surface area contributed by atoms with Gasteiger partial charge in [0.05, 0.1) is 0 Å². The third kappa shape index (κ3) is 4.10. The summed E-state index contributed by atoms with van der Waals surface area (Å²) in [7, 11) is 0. The number of pyridine rings is 1. The number of nitrogens with one attached hydrogen (secondary N) is 1. The van der Waals surface area contributed by atoms with Crippen LogP contribution in [0.3, 0.4) is 0 Å². The Kier molecular flexibility index (Phi) is 5.04. The molecule has 0 saturated heterocycles. The van der Waals surface area contributed by atoms with Gasteiger partial charge in [-0.15, -0.1) is 10.2 Å². The highest BCUT2D eigenvalue weighted by Gasteiger charge is 2.13. The maximum atomic E-state index is 13.1. The Morgan fingerprint density at radius 2 is 1.89 bits per heavy atom. The number of hydrogen-bond donors (Lipinski definition) is 2. The number of benzene rings is 2. The molecule has 2 heterocycles. The average molecular weight is 379 g/mol. The molecule has 0 aliphatic carbocycles. The van der Waals surface area contributed by atoms with Gasteiger partial charge >= 0.3 is 0 Å². The first-order valence-electron chi connectivity index (χ1n) is 8.60. The van der Waals surface area contributed by atoms with E-state index in [9.17, 15) is 4.39 Å². The van der Waals surface area contributed by atoms with Crippen molar-refractivity contribution >= 4 is 27.2 Å². The van der Waals surface area contributed by atoms with E-state index < -0.39 is 0 Å². The highest BCUT2D eigenvalue weighted by Crippen LogP contribution is 2.29. The topological polar surface area (TPSA) is 76.7 Å². The molecule has 5 nitrogen and oxygen atoms in total. The minimum absolute atomic E-state index is 0.000982. The van der Waals surface area contributed by atoms with Gasteiger partial charge in [0.1, 0.15) is 10.8 Å². The van der Waals surface area contributed by atoms with Crippen LogP contribution in [0, 0.1) is 5.82 Å². The van der Waals surface area contributed by atoms with Crippen molar-refractivity contribution in [2.45, 2.75) is 12.5 Å². The first kappa shape index (κ1) is 17.5. The quantitative estimate of drug-likeness (QED) is 0.532. The van der Waals surface area contributed by atoms with Crippen molar-refractivity contribution < 1.29 is 4.39 Å². The van der Waals surface area contributed by atoms with Gasteiger partial charge in [-0.05, 0) is 41.6 Å². The van der Waals surface area contributed by atoms with Crippen LogP contribution >= 0.6 is 11.3 Å². The van der Waals surface area contributed by atoms with E-state index in [1.807, 2.05) is 24.4 Å². The molecule has 0 aliphatic heterocycles. The van der Waals surface area contributed by atoms with Gasteiger partial charge in [0.15, 0.2) is 0 Å². The molecular weight excluding hydrogens is 361 g/mol. The zero-order chi connectivity index (χ0) is 18.6. The summed E-state index contributed by atoms with van der Waals surface area (Å²) in [4.78, 5) is 4.13. The molecule has 4 rings (SSSR count). The van der Waals surface area contributed by atoms with E-state index in [4.69, 9.17) is 5.73 Å². The highest BCUT2D eigenvalue weighted by molar-refractivity contribution is 7.18. The van der Waals surface area contributed by atoms with Gasteiger partial charge in [-0.1, -0.05) is 35.6 Å². The maximum absolute atomic E-state index is 13.1. The van der Waals surface area contributed by atoms with Gasteiger partial charge in [-0.3, -0.25) is 4.98 Å². The average Bonchev–Trinajstić information content (AvgIpc) is 3.17. The molecule has 0 amide bonds. The summed E-state index contributed by atoms with van der Waals surface area (Å²) in [5.74, 6) is -0.240. The summed E-state index contributed by atoms with van der Waals surface area (Å²) in [6.07, 6.45) is 4.31. The fourth-order valence-electron chi connectivity index (χ4n) is 2.89. The first-order chi connectivity index (χ1) is 13.2. The van der Waals surface area contributed by atoms with Gasteiger partial charge in [0.2, 0.25) is 5.13 Å². The summed E-state index contributed by atoms with van der Waals surface area (Å²) in [6.45, 7) is 0.440. The van der Waals surface area contributed by atoms with Crippen molar-refractivity contribution in [2.24, 2.45) is 5.73 Å². The number of aromatic nitrogens is 3. The Bertz CT molecular complexity index is 1050. The molecule has 7 heteroatoms. The van der Waals surface area contributed by atoms with Crippen LogP contribution in [-0.2, 0) is 6.42 Å². The second-order valence-corrected chi connectivity index (χ2v) is 7.24. The summed E-state index contributed by atoms with van der Waals surface area (Å²) in [5, 5.41) is 15.6. The van der Waals surface area contributed by atoms with Crippen molar-refractivity contribution in [3.05, 3.63) is 72.3 Å². The molecule has 27 heavy (non-hydrogen) atoms. The standard InChI is InChI=1S/C20H18FN5S/c21-17-5-1-13(2-6-17)9-18(11-22)24-20-26-25-19(27-20)15-3-4-16-12-23-8-7-14(16)10-15/h1-8,10,12,18H,9,11,22H2,(H,24,26)/t18-/m0/s1. The minimum atomic E-state index is -0.240. The number of halogens is 1. The number of nitrogens with zero attached hydrogens (tertiary/aromatic N) is 3. The molecule has 136 valence electrons. The highest BCUT2D eigenvalue weighted by atomic mass is 32.1. The molecule has 0 radical (unpaired) electrons. The number of rotatable bonds is 6. The van der Waals surface area contributed by atoms with Gasteiger partial charge in [-0.2, -0.15) is 0 Å². The SMILES string of the molecule is NC[C@H](Cc1ccc(F)cc1)Nc1nnc(-c2ccc3cnccc3c2)s1. The van der Waals surface area contributed by atoms with E-state index in [0.717, 1.165) is 32.0 Å². The maximum Gasteiger partial charge on any atom is 0.206 e. The molecule has 0 saturated carbocycles. The number of fused-ring (bicyclic) bond motifs is 1. The number of hydrogen-bond acceptors (Lipinski definition) is 6. The molecule has 2 aromatic carbocycles. The van der Waals surface area contributed by atoms with Gasteiger partial charge in [0, 0.05) is 35.9 Å². The zero-order valence-electron chi connectivity index (χ0n) is 14.5. The van der Waals surface area contributed by atoms with E-state index in [0.29, 0.717) is 13.0 Å². The van der Waals surface area contributed by atoms with Crippen LogP contribution in [0.4, 0.5) is 9.52 Å². The Balaban J connectivity index is 1.49. The molecule has 0 unspecified atom stereocenters. The lowest BCUT2D eigenvalue weighted by atomic mass is 10.1. The predicted molar refractivity (Wildman–Crippen MR) is 107 cm³/mol. The van der Waals surface area contributed by atoms with Crippen LogP contribution in [0.5, 0.6) is 0 Å². The summed E-state index contributed by atoms with van der Waals surface area (Å²) in [6, 6.07) is 14.6. The Morgan fingerprint density at radius 1 is 1.04 bits per heavy atom. The van der Waals surface area contributed by atoms with E-state index in [2.05, 4.69) is 26.6 Å². The third-order valence-corrected chi connectivity index (χ3v) is 5.22. The van der Waals surface area contributed by atoms with Crippen LogP contribution in [-0.4, -0.2) is 27.8 Å². The molecule has 1 atom stereocenters. The van der Waals surface area contributed by atoms with Crippen molar-refractivity contribution in [3.8, 4) is 10.6 Å². The summed E-state index contributed by atoms with van der Waals surface area (Å²) >= 11 is 1.49. The first-order valence-corrected chi connectivity index (χ1v) is 9.41. The number of anilines is 1. The smallest absolute Gasteiger partial charge is 0.206 e. The van der Waals surface area contributed by atoms with Crippen LogP contribution in [0.2, 0.25) is 0 Å². The molecule has 0 fully saturated rings. The van der Waals surface area contributed by atoms with Crippen LogP contribution in [0.1, 0.15) is 5.56 Å². The van der Waals surface area contributed by atoms with E-state index >= 15 is 0 Å². The summed E-state index contributed by atoms with van der Waals surface area (Å²) in [5.41, 5.74) is 7.93. The Morgan fingerprint density at radius 3 is 2.70 bits per heavy atom. The lowest BCUT2D eigenvalue weighted by Gasteiger charge is -2.15. The second kappa shape index (κ2) is 7.77. The van der Waals surface area contributed by atoms with Gasteiger partial charge in [0.25, 0.3) is 0 Å². The lowest BCUT2D eigenvalue weighted by molar-refractivity contribution is 0.626. The zero-order valence-corrected chi connectivity index (χ0v) is 15.3. The summed E-state index contributed by atoms with van der Waals surface area (Å²) < 4.78 is 13.1. The number of nitrogens with two attached hydrogens (primary N) is 1. The van der Waals surface area contributed by atoms with Crippen molar-refractivity contribution in [3.63, 3.8) is 0 Å². The molecule has 0 spiro atoms. The predicted octanol–water partition coefficient (Wildman–Crippen LogP) is 3.87. The van der Waals surface area contributed by atoms with Crippen molar-refractivity contribution in [1.82, 2.24) is 15.2 Å². The molecule has 4 aromatic rings. The molecule has 0 aliphatic rings. The Hall–Kier alpha value is -2.90. The van der Waals surface area contributed by atoms with Crippen LogP contribution in [0.25, 0.3) is 21.3 Å². The molecule has 3 N–H and O–H groups in total. The molecule has 0 bridgehead atoms. The fourth-order valence-corrected chi connectivity index (χ4v) is 3.70. The lowest BCUT2D eigenvalue weighted by Crippen LogP contribution is -2.31. The van der Waals surface area contributed by atoms with E-state index in [1.165, 1.54) is 23.5 Å². The van der Waals surface area contributed by atoms with Gasteiger partial charge < -0.3 is 11.1 Å². The normalized spacial score (nSPS) is 12.2. The minimum Gasteiger partial charge on any atom is -0.356 e. The van der Waals surface area contributed by atoms with E-state index in [-0.39, 0.29) is 11.9 Å². The monoisotopic (exact) mass is 379 g/mol.